The van der Waals surface area contributed by atoms with Gasteiger partial charge in [-0.25, -0.2) is 0 Å². The minimum atomic E-state index is -2.73. The van der Waals surface area contributed by atoms with Crippen molar-refractivity contribution in [2.24, 2.45) is 0 Å². The molecule has 0 saturated heterocycles. The topological polar surface area (TPSA) is 62.2 Å². The van der Waals surface area contributed by atoms with Crippen LogP contribution < -0.4 is 5.32 Å². The Morgan fingerprint density at radius 1 is 2.00 bits per heavy atom. The number of amides is 1. The summed E-state index contributed by atoms with van der Waals surface area (Å²) in [4.78, 5) is 10.5. The van der Waals surface area contributed by atoms with Crippen LogP contribution >= 0.6 is 0 Å². The summed E-state index contributed by atoms with van der Waals surface area (Å²) in [6, 6.07) is -0.578. The molecule has 1 amide bonds. The molecule has 0 aliphatic carbocycles. The van der Waals surface area contributed by atoms with E-state index >= 15 is 0 Å². The second-order valence-corrected chi connectivity index (χ2v) is 0.987. The quantitative estimate of drug-likeness (QED) is 0.340. The highest BCUT2D eigenvalue weighted by Crippen LogP contribution is 1.65. The van der Waals surface area contributed by atoms with Gasteiger partial charge in [0, 0.05) is 11.0 Å². The highest BCUT2D eigenvalue weighted by atomic mass is 16.5. The van der Waals surface area contributed by atoms with Gasteiger partial charge >= 0.3 is 0 Å². The summed E-state index contributed by atoms with van der Waals surface area (Å²) >= 11 is 0. The zero-order valence-corrected chi connectivity index (χ0v) is 4.32. The van der Waals surface area contributed by atoms with Gasteiger partial charge in [0.25, 0.3) is 6.02 Å². The molecule has 0 bridgehead atoms. The molecule has 0 radical (unpaired) electrons. The molecule has 4 nitrogen and oxygen atoms in total. The number of nitrogens with one attached hydrogen (secondary N) is 2. The minimum absolute atomic E-state index is 0.578. The second-order valence-electron chi connectivity index (χ2n) is 0.987. The predicted molar refractivity (Wildman–Crippen MR) is 28.6 cm³/mol. The van der Waals surface area contributed by atoms with Crippen LogP contribution in [0.1, 0.15) is 11.0 Å². The smallest absolute Gasteiger partial charge is 0.288 e. The summed E-state index contributed by atoms with van der Waals surface area (Å²) in [6.07, 6.45) is 0. The zero-order chi connectivity index (χ0) is 9.07. The third-order valence-corrected chi connectivity index (χ3v) is 0.431. The Hall–Kier alpha value is -1.06. The normalized spacial score (nSPS) is 14.9. The van der Waals surface area contributed by atoms with Gasteiger partial charge in [0.2, 0.25) is 5.91 Å². The molecule has 0 unspecified atom stereocenters. The van der Waals surface area contributed by atoms with E-state index in [9.17, 15) is 4.79 Å². The van der Waals surface area contributed by atoms with Gasteiger partial charge in [0.1, 0.15) is 0 Å². The van der Waals surface area contributed by atoms with Gasteiger partial charge in [-0.05, 0) is 0 Å². The number of amidine groups is 1. The van der Waals surface area contributed by atoms with Crippen molar-refractivity contribution >= 4 is 11.9 Å². The molecular formula is C4H8N2O2. The SMILES string of the molecule is [2H]C([2H])([2H])C(=O)NC(=N)OC. The van der Waals surface area contributed by atoms with Crippen LogP contribution in [0.15, 0.2) is 0 Å². The zero-order valence-electron chi connectivity index (χ0n) is 7.32. The van der Waals surface area contributed by atoms with E-state index in [-0.39, 0.29) is 0 Å². The number of hydrogen-bond acceptors (Lipinski definition) is 3. The first-order chi connectivity index (χ1) is 4.88. The number of carbonyl (C=O) groups excluding carboxylic acids is 1. The van der Waals surface area contributed by atoms with Crippen LogP contribution in [0.25, 0.3) is 0 Å². The molecule has 2 N–H and O–H groups in total. The lowest BCUT2D eigenvalue weighted by molar-refractivity contribution is -0.117. The Morgan fingerprint density at radius 2 is 2.62 bits per heavy atom. The Labute approximate surface area is 51.6 Å². The Morgan fingerprint density at radius 3 is 3.00 bits per heavy atom. The average molecular weight is 119 g/mol. The fraction of sp³-hybridized carbons (Fsp3) is 0.500. The van der Waals surface area contributed by atoms with E-state index in [1.807, 2.05) is 0 Å². The Bertz CT molecular complexity index is 177. The van der Waals surface area contributed by atoms with Crippen molar-refractivity contribution in [3.05, 3.63) is 0 Å². The molecule has 0 aliphatic heterocycles. The lowest BCUT2D eigenvalue weighted by atomic mass is 10.7. The van der Waals surface area contributed by atoms with Crippen molar-refractivity contribution < 1.29 is 13.6 Å². The maximum absolute atomic E-state index is 10.5. The third kappa shape index (κ3) is 3.14. The number of methoxy groups -OCH3 is 1. The molecular weight excluding hydrogens is 108 g/mol. The van der Waals surface area contributed by atoms with Crippen molar-refractivity contribution in [3.8, 4) is 0 Å². The first-order valence-electron chi connectivity index (χ1n) is 3.32. The minimum Gasteiger partial charge on any atom is -0.468 e. The molecule has 0 aromatic carbocycles. The van der Waals surface area contributed by atoms with Gasteiger partial charge in [-0.2, -0.15) is 0 Å². The average Bonchev–Trinajstić information content (AvgIpc) is 1.85. The van der Waals surface area contributed by atoms with E-state index in [1.165, 1.54) is 0 Å². The van der Waals surface area contributed by atoms with Crippen LogP contribution in [0, 0.1) is 5.41 Å². The summed E-state index contributed by atoms with van der Waals surface area (Å²) in [5, 5.41) is 8.47. The second kappa shape index (κ2) is 3.01. The maximum Gasteiger partial charge on any atom is 0.288 e. The van der Waals surface area contributed by atoms with Crippen molar-refractivity contribution in [3.63, 3.8) is 0 Å². The van der Waals surface area contributed by atoms with E-state index in [4.69, 9.17) is 9.52 Å². The monoisotopic (exact) mass is 119 g/mol. The predicted octanol–water partition coefficient (Wildman–Crippen LogP) is -0.296. The molecule has 0 aliphatic rings. The van der Waals surface area contributed by atoms with Crippen LogP contribution in [0.2, 0.25) is 0 Å². The molecule has 4 heteroatoms. The van der Waals surface area contributed by atoms with Crippen LogP contribution in [0.4, 0.5) is 0 Å². The molecule has 46 valence electrons. The number of hydrogen-bond donors (Lipinski definition) is 2. The first kappa shape index (κ1) is 3.06. The van der Waals surface area contributed by atoms with Gasteiger partial charge in [-0.1, -0.05) is 0 Å². The molecule has 0 aromatic heterocycles. The summed E-state index contributed by atoms with van der Waals surface area (Å²) in [6.45, 7) is -2.73. The molecule has 0 aromatic rings. The van der Waals surface area contributed by atoms with Crippen molar-refractivity contribution in [2.45, 2.75) is 6.85 Å². The van der Waals surface area contributed by atoms with Gasteiger partial charge in [-0.3, -0.25) is 15.5 Å². The van der Waals surface area contributed by atoms with Crippen LogP contribution in [0.5, 0.6) is 0 Å². The Balaban J connectivity index is 3.99. The largest absolute Gasteiger partial charge is 0.468 e. The van der Waals surface area contributed by atoms with E-state index in [1.54, 1.807) is 5.32 Å². The van der Waals surface area contributed by atoms with Gasteiger partial charge in [0.05, 0.1) is 7.11 Å². The van der Waals surface area contributed by atoms with E-state index in [2.05, 4.69) is 4.74 Å². The van der Waals surface area contributed by atoms with Gasteiger partial charge in [0.15, 0.2) is 0 Å². The number of rotatable bonds is 0. The third-order valence-electron chi connectivity index (χ3n) is 0.431. The molecule has 0 atom stereocenters. The van der Waals surface area contributed by atoms with E-state index < -0.39 is 18.8 Å². The van der Waals surface area contributed by atoms with Crippen LogP contribution in [-0.4, -0.2) is 19.0 Å². The summed E-state index contributed by atoms with van der Waals surface area (Å²) in [5.41, 5.74) is 0. The summed E-state index contributed by atoms with van der Waals surface area (Å²) in [7, 11) is 1.15. The fourth-order valence-electron chi connectivity index (χ4n) is 0.154. The summed E-state index contributed by atoms with van der Waals surface area (Å²) in [5.74, 6) is -1.22. The van der Waals surface area contributed by atoms with Crippen LogP contribution in [-0.2, 0) is 9.53 Å². The highest BCUT2D eigenvalue weighted by Gasteiger charge is 1.93. The van der Waals surface area contributed by atoms with Crippen molar-refractivity contribution in [1.82, 2.24) is 5.32 Å². The Kier molecular flexibility index (Phi) is 1.15. The van der Waals surface area contributed by atoms with Crippen molar-refractivity contribution in [2.75, 3.05) is 7.11 Å². The lowest BCUT2D eigenvalue weighted by Crippen LogP contribution is -2.28. The van der Waals surface area contributed by atoms with Crippen molar-refractivity contribution in [1.29, 1.82) is 5.41 Å². The van der Waals surface area contributed by atoms with E-state index in [0.717, 1.165) is 7.11 Å². The lowest BCUT2D eigenvalue weighted by Gasteiger charge is -1.98. The molecule has 0 heterocycles. The molecule has 0 spiro atoms. The number of carbonyl (C=O) groups is 1. The summed E-state index contributed by atoms with van der Waals surface area (Å²) < 4.78 is 23.9. The van der Waals surface area contributed by atoms with Gasteiger partial charge in [-0.15, -0.1) is 0 Å². The van der Waals surface area contributed by atoms with Gasteiger partial charge < -0.3 is 4.74 Å². The van der Waals surface area contributed by atoms with Crippen LogP contribution in [0.3, 0.4) is 0 Å². The molecule has 0 saturated carbocycles. The fourth-order valence-corrected chi connectivity index (χ4v) is 0.154. The molecule has 0 fully saturated rings. The maximum atomic E-state index is 10.5. The van der Waals surface area contributed by atoms with E-state index in [0.29, 0.717) is 0 Å². The molecule has 0 rings (SSSR count). The molecule has 8 heavy (non-hydrogen) atoms. The number of ether oxygens (including phenoxy) is 1. The standard InChI is InChI=1S/C4H8N2O2/c1-3(7)6-4(5)8-2/h1-2H3,(H2,5,6,7)/i1D3. The highest BCUT2D eigenvalue weighted by molar-refractivity contribution is 5.91. The first-order valence-corrected chi connectivity index (χ1v) is 1.82.